The Kier molecular flexibility index (Phi) is 4.66. The molecule has 0 spiro atoms. The summed E-state index contributed by atoms with van der Waals surface area (Å²) in [5.41, 5.74) is 0. The van der Waals surface area contributed by atoms with Crippen molar-refractivity contribution in [3.05, 3.63) is 0 Å². The Bertz CT molecular complexity index is 246. The Morgan fingerprint density at radius 3 is 2.47 bits per heavy atom. The summed E-state index contributed by atoms with van der Waals surface area (Å²) in [6.45, 7) is 4.35. The van der Waals surface area contributed by atoms with Crippen LogP contribution < -0.4 is 5.32 Å². The summed E-state index contributed by atoms with van der Waals surface area (Å²) in [6, 6.07) is 1.38. The second-order valence-corrected chi connectivity index (χ2v) is 5.17. The summed E-state index contributed by atoms with van der Waals surface area (Å²) in [7, 11) is 0. The van der Waals surface area contributed by atoms with Gasteiger partial charge >= 0.3 is 6.09 Å². The first kappa shape index (κ1) is 12.7. The molecule has 1 N–H and O–H groups in total. The minimum atomic E-state index is -0.122. The van der Waals surface area contributed by atoms with Gasteiger partial charge in [0.2, 0.25) is 0 Å². The van der Waals surface area contributed by atoms with Crippen molar-refractivity contribution in [2.75, 3.05) is 19.7 Å². The van der Waals surface area contributed by atoms with Crippen molar-refractivity contribution >= 4 is 6.09 Å². The third kappa shape index (κ3) is 4.19. The molecule has 0 radical (unpaired) electrons. The molecule has 98 valence electrons. The van der Waals surface area contributed by atoms with Gasteiger partial charge in [0.1, 0.15) is 0 Å². The van der Waals surface area contributed by atoms with E-state index in [1.807, 2.05) is 4.90 Å². The molecule has 0 unspecified atom stereocenters. The Morgan fingerprint density at radius 1 is 1.24 bits per heavy atom. The van der Waals surface area contributed by atoms with Crippen LogP contribution in [0.15, 0.2) is 0 Å². The Hall–Kier alpha value is -0.770. The molecule has 4 nitrogen and oxygen atoms in total. The number of piperidine rings is 1. The molecule has 4 heteroatoms. The van der Waals surface area contributed by atoms with E-state index in [2.05, 4.69) is 12.2 Å². The monoisotopic (exact) mass is 240 g/mol. The molecular weight excluding hydrogens is 216 g/mol. The molecule has 1 saturated heterocycles. The molecule has 2 aliphatic rings. The highest BCUT2D eigenvalue weighted by atomic mass is 16.6. The molecule has 0 atom stereocenters. The van der Waals surface area contributed by atoms with Crippen molar-refractivity contribution in [1.29, 1.82) is 0 Å². The minimum Gasteiger partial charge on any atom is -0.449 e. The van der Waals surface area contributed by atoms with Crippen LogP contribution in [0.25, 0.3) is 0 Å². The molecule has 1 aliphatic heterocycles. The first-order chi connectivity index (χ1) is 8.29. The highest BCUT2D eigenvalue weighted by Crippen LogP contribution is 2.22. The molecule has 2 fully saturated rings. The van der Waals surface area contributed by atoms with Gasteiger partial charge in [0.25, 0.3) is 0 Å². The lowest BCUT2D eigenvalue weighted by Gasteiger charge is -2.31. The van der Waals surface area contributed by atoms with Crippen LogP contribution >= 0.6 is 0 Å². The summed E-state index contributed by atoms with van der Waals surface area (Å²) in [6.07, 6.45) is 6.71. The molecule has 1 heterocycles. The van der Waals surface area contributed by atoms with Gasteiger partial charge in [0.15, 0.2) is 0 Å². The summed E-state index contributed by atoms with van der Waals surface area (Å²) in [4.78, 5) is 13.5. The van der Waals surface area contributed by atoms with Gasteiger partial charge < -0.3 is 15.0 Å². The van der Waals surface area contributed by atoms with Gasteiger partial charge in [-0.2, -0.15) is 0 Å². The summed E-state index contributed by atoms with van der Waals surface area (Å²) >= 11 is 0. The standard InChI is InChI=1S/C13H24N2O2/c1-2-3-10-17-13(16)15-8-6-12(7-9-15)14-11-4-5-11/h11-12,14H,2-10H2,1H3. The third-order valence-electron chi connectivity index (χ3n) is 3.53. The van der Waals surface area contributed by atoms with Crippen molar-refractivity contribution in [1.82, 2.24) is 10.2 Å². The number of hydrogen-bond donors (Lipinski definition) is 1. The summed E-state index contributed by atoms with van der Waals surface area (Å²) < 4.78 is 5.22. The van der Waals surface area contributed by atoms with Crippen LogP contribution in [0.1, 0.15) is 45.4 Å². The number of amides is 1. The molecule has 1 amide bonds. The smallest absolute Gasteiger partial charge is 0.409 e. The van der Waals surface area contributed by atoms with Crippen LogP contribution in [0.3, 0.4) is 0 Å². The van der Waals surface area contributed by atoms with E-state index in [1.54, 1.807) is 0 Å². The fraction of sp³-hybridized carbons (Fsp3) is 0.923. The SMILES string of the molecule is CCCCOC(=O)N1CCC(NC2CC2)CC1. The number of likely N-dealkylation sites (tertiary alicyclic amines) is 1. The zero-order chi connectivity index (χ0) is 12.1. The van der Waals surface area contributed by atoms with E-state index < -0.39 is 0 Å². The first-order valence-electron chi connectivity index (χ1n) is 6.97. The zero-order valence-corrected chi connectivity index (χ0v) is 10.8. The van der Waals surface area contributed by atoms with Gasteiger partial charge in [0.05, 0.1) is 6.61 Å². The summed E-state index contributed by atoms with van der Waals surface area (Å²) in [5, 5.41) is 3.63. The Balaban J connectivity index is 1.61. The minimum absolute atomic E-state index is 0.122. The Labute approximate surface area is 104 Å². The molecule has 2 rings (SSSR count). The summed E-state index contributed by atoms with van der Waals surface area (Å²) in [5.74, 6) is 0. The quantitative estimate of drug-likeness (QED) is 0.749. The fourth-order valence-electron chi connectivity index (χ4n) is 2.21. The molecule has 0 aromatic rings. The van der Waals surface area contributed by atoms with Gasteiger partial charge in [0, 0.05) is 25.2 Å². The number of carbonyl (C=O) groups is 1. The predicted molar refractivity (Wildman–Crippen MR) is 67.0 cm³/mol. The zero-order valence-electron chi connectivity index (χ0n) is 10.8. The number of rotatable bonds is 5. The Morgan fingerprint density at radius 2 is 1.88 bits per heavy atom. The fourth-order valence-corrected chi connectivity index (χ4v) is 2.21. The van der Waals surface area contributed by atoms with E-state index in [-0.39, 0.29) is 6.09 Å². The van der Waals surface area contributed by atoms with E-state index in [4.69, 9.17) is 4.74 Å². The predicted octanol–water partition coefficient (Wildman–Crippen LogP) is 2.14. The van der Waals surface area contributed by atoms with Gasteiger partial charge in [-0.1, -0.05) is 13.3 Å². The molecule has 0 aromatic carbocycles. The van der Waals surface area contributed by atoms with Crippen molar-refractivity contribution in [3.63, 3.8) is 0 Å². The lowest BCUT2D eigenvalue weighted by molar-refractivity contribution is 0.0897. The van der Waals surface area contributed by atoms with Crippen LogP contribution in [0.2, 0.25) is 0 Å². The number of hydrogen-bond acceptors (Lipinski definition) is 3. The maximum Gasteiger partial charge on any atom is 0.409 e. The van der Waals surface area contributed by atoms with Crippen LogP contribution in [-0.4, -0.2) is 42.8 Å². The molecule has 0 bridgehead atoms. The average Bonchev–Trinajstić information content (AvgIpc) is 3.14. The molecule has 0 aromatic heterocycles. The van der Waals surface area contributed by atoms with E-state index in [9.17, 15) is 4.79 Å². The van der Waals surface area contributed by atoms with Crippen LogP contribution in [0.4, 0.5) is 4.79 Å². The molecular formula is C13H24N2O2. The number of ether oxygens (including phenoxy) is 1. The van der Waals surface area contributed by atoms with E-state index in [0.29, 0.717) is 12.6 Å². The normalized spacial score (nSPS) is 21.6. The molecule has 17 heavy (non-hydrogen) atoms. The van der Waals surface area contributed by atoms with Crippen molar-refractivity contribution in [3.8, 4) is 0 Å². The highest BCUT2D eigenvalue weighted by molar-refractivity contribution is 5.67. The maximum atomic E-state index is 11.7. The van der Waals surface area contributed by atoms with E-state index >= 15 is 0 Å². The van der Waals surface area contributed by atoms with Crippen LogP contribution in [0, 0.1) is 0 Å². The maximum absolute atomic E-state index is 11.7. The highest BCUT2D eigenvalue weighted by Gasteiger charge is 2.28. The number of nitrogens with one attached hydrogen (secondary N) is 1. The number of unbranched alkanes of at least 4 members (excludes halogenated alkanes) is 1. The van der Waals surface area contributed by atoms with Gasteiger partial charge in [-0.3, -0.25) is 0 Å². The number of carbonyl (C=O) groups excluding carboxylic acids is 1. The van der Waals surface area contributed by atoms with Gasteiger partial charge in [-0.25, -0.2) is 4.79 Å². The second-order valence-electron chi connectivity index (χ2n) is 5.17. The van der Waals surface area contributed by atoms with Crippen molar-refractivity contribution in [2.45, 2.75) is 57.5 Å². The van der Waals surface area contributed by atoms with Crippen molar-refractivity contribution in [2.24, 2.45) is 0 Å². The van der Waals surface area contributed by atoms with Gasteiger partial charge in [-0.05, 0) is 32.1 Å². The largest absolute Gasteiger partial charge is 0.449 e. The molecule has 1 saturated carbocycles. The first-order valence-corrected chi connectivity index (χ1v) is 6.97. The second kappa shape index (κ2) is 6.24. The van der Waals surface area contributed by atoms with E-state index in [0.717, 1.165) is 44.8 Å². The average molecular weight is 240 g/mol. The van der Waals surface area contributed by atoms with Gasteiger partial charge in [-0.15, -0.1) is 0 Å². The van der Waals surface area contributed by atoms with Crippen LogP contribution in [-0.2, 0) is 4.74 Å². The lowest BCUT2D eigenvalue weighted by Crippen LogP contribution is -2.45. The van der Waals surface area contributed by atoms with Crippen LogP contribution in [0.5, 0.6) is 0 Å². The lowest BCUT2D eigenvalue weighted by atomic mass is 10.1. The number of nitrogens with zero attached hydrogens (tertiary/aromatic N) is 1. The topological polar surface area (TPSA) is 41.6 Å². The van der Waals surface area contributed by atoms with E-state index in [1.165, 1.54) is 12.8 Å². The van der Waals surface area contributed by atoms with Crippen molar-refractivity contribution < 1.29 is 9.53 Å². The molecule has 1 aliphatic carbocycles. The third-order valence-corrected chi connectivity index (χ3v) is 3.53.